The number of hydrogen-bond donors (Lipinski definition) is 4. The van der Waals surface area contributed by atoms with E-state index in [1.54, 1.807) is 18.2 Å². The molecule has 0 atom stereocenters. The lowest BCUT2D eigenvalue weighted by molar-refractivity contribution is -0.138. The number of piperazine rings is 1. The van der Waals surface area contributed by atoms with Crippen molar-refractivity contribution in [3.05, 3.63) is 29.3 Å². The fraction of sp³-hybridized carbons (Fsp3) is 0.500. The van der Waals surface area contributed by atoms with Crippen LogP contribution in [0.3, 0.4) is 0 Å². The first-order valence-electron chi connectivity index (χ1n) is 7.83. The van der Waals surface area contributed by atoms with Gasteiger partial charge < -0.3 is 20.8 Å². The third kappa shape index (κ3) is 8.15. The SMILES string of the molecule is C1CNCCN1.O=Pc1cccc(CCC(=O)O)c1CCC(=O)O. The number of aliphatic carboxylic acids is 2. The van der Waals surface area contributed by atoms with Crippen LogP contribution in [0.2, 0.25) is 0 Å². The molecule has 1 aliphatic heterocycles. The molecule has 0 aliphatic carbocycles. The van der Waals surface area contributed by atoms with Crippen molar-refractivity contribution < 1.29 is 24.4 Å². The number of carboxylic acids is 2. The van der Waals surface area contributed by atoms with Gasteiger partial charge in [-0.2, -0.15) is 0 Å². The second-order valence-corrected chi connectivity index (χ2v) is 5.96. The van der Waals surface area contributed by atoms with Gasteiger partial charge in [-0.3, -0.25) is 14.2 Å². The van der Waals surface area contributed by atoms with E-state index in [2.05, 4.69) is 10.6 Å². The number of rotatable bonds is 7. The predicted octanol–water partition coefficient (Wildman–Crippen LogP) is 0.817. The van der Waals surface area contributed by atoms with E-state index in [1.165, 1.54) is 0 Å². The minimum atomic E-state index is -0.934. The number of hydrogen-bond acceptors (Lipinski definition) is 5. The Balaban J connectivity index is 0.000000400. The summed E-state index contributed by atoms with van der Waals surface area (Å²) in [6, 6.07) is 5.09. The Morgan fingerprint density at radius 1 is 0.958 bits per heavy atom. The normalized spacial score (nSPS) is 13.8. The lowest BCUT2D eigenvalue weighted by Gasteiger charge is -2.11. The molecule has 0 spiro atoms. The highest BCUT2D eigenvalue weighted by atomic mass is 31.1. The Bertz CT molecular complexity index is 550. The molecule has 1 fully saturated rings. The summed E-state index contributed by atoms with van der Waals surface area (Å²) < 4.78 is 11.0. The molecule has 0 bridgehead atoms. The minimum absolute atomic E-state index is 0.0285. The van der Waals surface area contributed by atoms with Crippen LogP contribution in [0.25, 0.3) is 0 Å². The van der Waals surface area contributed by atoms with Crippen LogP contribution >= 0.6 is 8.46 Å². The van der Waals surface area contributed by atoms with Gasteiger partial charge in [-0.15, -0.1) is 0 Å². The molecule has 0 amide bonds. The van der Waals surface area contributed by atoms with Gasteiger partial charge in [0.2, 0.25) is 0 Å². The fourth-order valence-electron chi connectivity index (χ4n) is 2.31. The molecule has 1 saturated heterocycles. The molecule has 8 heteroatoms. The molecule has 4 N–H and O–H groups in total. The van der Waals surface area contributed by atoms with Gasteiger partial charge >= 0.3 is 11.9 Å². The molecule has 0 unspecified atom stereocenters. The van der Waals surface area contributed by atoms with Crippen LogP contribution in [0.4, 0.5) is 0 Å². The largest absolute Gasteiger partial charge is 0.481 e. The first-order valence-corrected chi connectivity index (χ1v) is 8.65. The minimum Gasteiger partial charge on any atom is -0.481 e. The zero-order chi connectivity index (χ0) is 17.8. The van der Waals surface area contributed by atoms with Crippen molar-refractivity contribution in [2.45, 2.75) is 25.7 Å². The Labute approximate surface area is 142 Å². The molecule has 7 nitrogen and oxygen atoms in total. The Hall–Kier alpha value is -1.82. The van der Waals surface area contributed by atoms with Crippen molar-refractivity contribution in [1.82, 2.24) is 10.6 Å². The highest BCUT2D eigenvalue weighted by Gasteiger charge is 2.11. The molecule has 2 rings (SSSR count). The number of carboxylic acid groups (broad SMARTS) is 2. The summed E-state index contributed by atoms with van der Waals surface area (Å²) in [5.41, 5.74) is 1.43. The molecular weight excluding hydrogens is 331 g/mol. The van der Waals surface area contributed by atoms with Crippen LogP contribution in [-0.4, -0.2) is 48.3 Å². The smallest absolute Gasteiger partial charge is 0.303 e. The number of aryl methyl sites for hydroxylation is 1. The van der Waals surface area contributed by atoms with Crippen molar-refractivity contribution >= 4 is 25.7 Å². The summed E-state index contributed by atoms with van der Waals surface area (Å²) in [7, 11) is -0.179. The van der Waals surface area contributed by atoms with Gasteiger partial charge in [-0.05, 0) is 30.0 Å². The van der Waals surface area contributed by atoms with Crippen molar-refractivity contribution in [3.63, 3.8) is 0 Å². The predicted molar refractivity (Wildman–Crippen MR) is 91.3 cm³/mol. The van der Waals surface area contributed by atoms with Gasteiger partial charge in [0, 0.05) is 44.3 Å². The standard InChI is InChI=1S/C12H13O5P.C4H10N2/c13-11(14)6-4-8-2-1-3-10(18-17)9(8)5-7-12(15)16;1-2-6-4-3-5-1/h1-3H,4-7H2,(H,13,14)(H,15,16);5-6H,1-4H2. The molecule has 0 aromatic heterocycles. The summed E-state index contributed by atoms with van der Waals surface area (Å²) in [6.07, 6.45) is 0.481. The number of nitrogens with one attached hydrogen (secondary N) is 2. The summed E-state index contributed by atoms with van der Waals surface area (Å²) in [4.78, 5) is 21.1. The van der Waals surface area contributed by atoms with E-state index in [0.29, 0.717) is 17.3 Å². The monoisotopic (exact) mass is 354 g/mol. The molecule has 1 aromatic rings. The van der Waals surface area contributed by atoms with Crippen molar-refractivity contribution in [1.29, 1.82) is 0 Å². The highest BCUT2D eigenvalue weighted by molar-refractivity contribution is 7.34. The van der Waals surface area contributed by atoms with Crippen LogP contribution in [0.15, 0.2) is 18.2 Å². The van der Waals surface area contributed by atoms with E-state index >= 15 is 0 Å². The third-order valence-electron chi connectivity index (χ3n) is 3.50. The topological polar surface area (TPSA) is 116 Å². The second-order valence-electron chi connectivity index (χ2n) is 5.29. The molecular formula is C16H23N2O5P. The number of benzene rings is 1. The molecule has 1 aliphatic rings. The van der Waals surface area contributed by atoms with Crippen LogP contribution in [0.1, 0.15) is 24.0 Å². The molecule has 1 heterocycles. The van der Waals surface area contributed by atoms with E-state index in [0.717, 1.165) is 31.7 Å². The molecule has 0 radical (unpaired) electrons. The van der Waals surface area contributed by atoms with E-state index in [1.807, 2.05) is 0 Å². The van der Waals surface area contributed by atoms with Gasteiger partial charge in [0.25, 0.3) is 0 Å². The van der Waals surface area contributed by atoms with E-state index in [4.69, 9.17) is 10.2 Å². The first kappa shape index (κ1) is 20.2. The summed E-state index contributed by atoms with van der Waals surface area (Å²) in [5.74, 6) is -1.85. The summed E-state index contributed by atoms with van der Waals surface area (Å²) >= 11 is 0. The molecule has 24 heavy (non-hydrogen) atoms. The maximum absolute atomic E-state index is 11.0. The van der Waals surface area contributed by atoms with Crippen molar-refractivity contribution in [3.8, 4) is 0 Å². The summed E-state index contributed by atoms with van der Waals surface area (Å²) in [6.45, 7) is 4.56. The van der Waals surface area contributed by atoms with Crippen LogP contribution < -0.4 is 15.9 Å². The van der Waals surface area contributed by atoms with Crippen molar-refractivity contribution in [2.75, 3.05) is 26.2 Å². The zero-order valence-corrected chi connectivity index (χ0v) is 14.3. The average molecular weight is 354 g/mol. The van der Waals surface area contributed by atoms with E-state index in [9.17, 15) is 14.2 Å². The van der Waals surface area contributed by atoms with Gasteiger partial charge in [-0.1, -0.05) is 12.1 Å². The van der Waals surface area contributed by atoms with E-state index in [-0.39, 0.29) is 27.7 Å². The molecule has 132 valence electrons. The van der Waals surface area contributed by atoms with Crippen LogP contribution in [-0.2, 0) is 27.0 Å². The highest BCUT2D eigenvalue weighted by Crippen LogP contribution is 2.15. The second kappa shape index (κ2) is 11.7. The maximum atomic E-state index is 11.0. The maximum Gasteiger partial charge on any atom is 0.303 e. The fourth-order valence-corrected chi connectivity index (χ4v) is 2.82. The number of carbonyl (C=O) groups is 2. The van der Waals surface area contributed by atoms with Gasteiger partial charge in [-0.25, -0.2) is 0 Å². The Morgan fingerprint density at radius 3 is 1.96 bits per heavy atom. The lowest BCUT2D eigenvalue weighted by Crippen LogP contribution is -2.39. The zero-order valence-electron chi connectivity index (χ0n) is 13.5. The van der Waals surface area contributed by atoms with Crippen LogP contribution in [0.5, 0.6) is 0 Å². The molecule has 0 saturated carbocycles. The quantitative estimate of drug-likeness (QED) is 0.536. The van der Waals surface area contributed by atoms with Gasteiger partial charge in [0.05, 0.1) is 0 Å². The van der Waals surface area contributed by atoms with Crippen LogP contribution in [0, 0.1) is 0 Å². The van der Waals surface area contributed by atoms with E-state index < -0.39 is 11.9 Å². The molecule has 1 aromatic carbocycles. The Kier molecular flexibility index (Phi) is 9.84. The lowest BCUT2D eigenvalue weighted by atomic mass is 9.99. The van der Waals surface area contributed by atoms with Gasteiger partial charge in [0.15, 0.2) is 8.46 Å². The average Bonchev–Trinajstić information content (AvgIpc) is 2.60. The first-order chi connectivity index (χ1) is 11.5. The van der Waals surface area contributed by atoms with Crippen molar-refractivity contribution in [2.24, 2.45) is 0 Å². The third-order valence-corrected chi connectivity index (χ3v) is 4.12. The van der Waals surface area contributed by atoms with Gasteiger partial charge in [0.1, 0.15) is 0 Å². The Morgan fingerprint density at radius 2 is 1.50 bits per heavy atom. The summed E-state index contributed by atoms with van der Waals surface area (Å²) in [5, 5.41) is 24.3.